The Bertz CT molecular complexity index is 768. The van der Waals surface area contributed by atoms with Crippen molar-refractivity contribution >= 4 is 23.3 Å². The van der Waals surface area contributed by atoms with Gasteiger partial charge in [-0.2, -0.15) is 0 Å². The van der Waals surface area contributed by atoms with Gasteiger partial charge in [0.2, 0.25) is 11.8 Å². The molecule has 4 atom stereocenters. The van der Waals surface area contributed by atoms with E-state index in [9.17, 15) is 14.4 Å². The molecule has 1 saturated carbocycles. The Morgan fingerprint density at radius 2 is 1.67 bits per heavy atom. The fraction of sp³-hybridized carbons (Fsp3) is 0.421. The topological polar surface area (TPSA) is 57.7 Å². The summed E-state index contributed by atoms with van der Waals surface area (Å²) in [4.78, 5) is 42.0. The van der Waals surface area contributed by atoms with Gasteiger partial charge in [0.1, 0.15) is 0 Å². The number of anilines is 1. The van der Waals surface area contributed by atoms with Gasteiger partial charge < -0.3 is 0 Å². The van der Waals surface area contributed by atoms with Gasteiger partial charge in [-0.15, -0.1) is 0 Å². The lowest BCUT2D eigenvalue weighted by Crippen LogP contribution is -2.49. The minimum atomic E-state index is -0.538. The largest absolute Gasteiger partial charge is 0.293 e. The third-order valence-electron chi connectivity index (χ3n) is 5.78. The first-order chi connectivity index (χ1) is 11.7. The van der Waals surface area contributed by atoms with Crippen LogP contribution in [0.1, 0.15) is 12.8 Å². The summed E-state index contributed by atoms with van der Waals surface area (Å²) in [6.45, 7) is 0.824. The molecule has 0 spiro atoms. The summed E-state index contributed by atoms with van der Waals surface area (Å²) in [7, 11) is 0. The fourth-order valence-electron chi connectivity index (χ4n) is 4.53. The summed E-state index contributed by atoms with van der Waals surface area (Å²) in [6.07, 6.45) is 5.78. The number of rotatable bonds is 3. The highest BCUT2D eigenvalue weighted by atomic mass is 16.2. The molecule has 3 fully saturated rings. The van der Waals surface area contributed by atoms with Gasteiger partial charge in [0.25, 0.3) is 0 Å². The second kappa shape index (κ2) is 4.86. The fourth-order valence-corrected chi connectivity index (χ4v) is 4.53. The number of nitrogens with zero attached hydrogens (tertiary/aromatic N) is 2. The first-order valence-corrected chi connectivity index (χ1v) is 8.57. The number of fused-ring (bicyclic) bond motifs is 5. The van der Waals surface area contributed by atoms with E-state index in [0.717, 1.165) is 6.54 Å². The molecule has 5 heteroatoms. The van der Waals surface area contributed by atoms with E-state index < -0.39 is 17.9 Å². The molecular formula is C19H18N2O3. The zero-order valence-corrected chi connectivity index (χ0v) is 13.2. The van der Waals surface area contributed by atoms with Crippen molar-refractivity contribution < 1.29 is 14.4 Å². The van der Waals surface area contributed by atoms with Gasteiger partial charge in [-0.1, -0.05) is 24.3 Å². The maximum atomic E-state index is 13.0. The van der Waals surface area contributed by atoms with Gasteiger partial charge in [0, 0.05) is 12.6 Å². The van der Waals surface area contributed by atoms with Gasteiger partial charge >= 0.3 is 0 Å². The molecule has 24 heavy (non-hydrogen) atoms. The molecule has 1 aliphatic carbocycles. The second-order valence-corrected chi connectivity index (χ2v) is 7.24. The Kier molecular flexibility index (Phi) is 2.86. The first kappa shape index (κ1) is 14.1. The predicted octanol–water partition coefficient (Wildman–Crippen LogP) is 1.39. The first-order valence-electron chi connectivity index (χ1n) is 8.57. The number of para-hydroxylation sites is 1. The van der Waals surface area contributed by atoms with Gasteiger partial charge in [-0.3, -0.25) is 19.3 Å². The molecule has 3 heterocycles. The number of carbonyl (C=O) groups excluding carboxylic acids is 3. The Morgan fingerprint density at radius 1 is 0.958 bits per heavy atom. The Hall–Kier alpha value is -2.27. The maximum Gasteiger partial charge on any atom is 0.239 e. The van der Waals surface area contributed by atoms with Crippen LogP contribution in [-0.2, 0) is 14.4 Å². The standard InChI is InChI=1S/C19H18N2O3/c22-14-9-8-13-15-16(17(14)20(13)10-11-6-7-11)19(24)21(18(15)23)12-4-2-1-3-5-12/h1-5,8-9,11,13,15-17H,6-7,10H2/t13-,15-,16-,17+/m0/s1. The predicted molar refractivity (Wildman–Crippen MR) is 87.1 cm³/mol. The monoisotopic (exact) mass is 322 g/mol. The van der Waals surface area contributed by atoms with Crippen LogP contribution in [0.4, 0.5) is 5.69 Å². The van der Waals surface area contributed by atoms with Crippen molar-refractivity contribution in [1.82, 2.24) is 4.90 Å². The van der Waals surface area contributed by atoms with Crippen molar-refractivity contribution in [1.29, 1.82) is 0 Å². The molecule has 0 N–H and O–H groups in total. The molecule has 0 aromatic heterocycles. The third-order valence-corrected chi connectivity index (χ3v) is 5.78. The molecule has 2 amide bonds. The zero-order chi connectivity index (χ0) is 16.4. The van der Waals surface area contributed by atoms with Crippen molar-refractivity contribution in [2.75, 3.05) is 11.4 Å². The lowest BCUT2D eigenvalue weighted by atomic mass is 9.90. The summed E-state index contributed by atoms with van der Waals surface area (Å²) in [5.41, 5.74) is 0.602. The van der Waals surface area contributed by atoms with Gasteiger partial charge in [-0.25, -0.2) is 4.90 Å². The highest BCUT2D eigenvalue weighted by Gasteiger charge is 2.64. The molecular weight excluding hydrogens is 304 g/mol. The molecule has 4 aliphatic rings. The second-order valence-electron chi connectivity index (χ2n) is 7.24. The quantitative estimate of drug-likeness (QED) is 0.789. The van der Waals surface area contributed by atoms with Crippen LogP contribution in [-0.4, -0.2) is 41.1 Å². The van der Waals surface area contributed by atoms with E-state index in [2.05, 4.69) is 4.90 Å². The van der Waals surface area contributed by atoms with Crippen LogP contribution in [0.2, 0.25) is 0 Å². The van der Waals surface area contributed by atoms with Crippen LogP contribution in [0, 0.1) is 17.8 Å². The van der Waals surface area contributed by atoms with Crippen LogP contribution in [0.3, 0.4) is 0 Å². The number of imide groups is 1. The molecule has 5 nitrogen and oxygen atoms in total. The number of amides is 2. The van der Waals surface area contributed by atoms with Crippen LogP contribution in [0.5, 0.6) is 0 Å². The molecule has 1 aromatic rings. The average Bonchev–Trinajstić information content (AvgIpc) is 3.30. The SMILES string of the molecule is O=C1C=C[C@H]2[C@@H]3C(=O)N(c4ccccc4)C(=O)[C@@H]3[C@@H]1N2CC1CC1. The summed E-state index contributed by atoms with van der Waals surface area (Å²) >= 11 is 0. The molecule has 0 unspecified atom stereocenters. The number of ketones is 1. The summed E-state index contributed by atoms with van der Waals surface area (Å²) in [5, 5.41) is 0. The van der Waals surface area contributed by atoms with Gasteiger partial charge in [0.05, 0.1) is 23.6 Å². The minimum absolute atomic E-state index is 0.0320. The van der Waals surface area contributed by atoms with Gasteiger partial charge in [0.15, 0.2) is 5.78 Å². The van der Waals surface area contributed by atoms with Crippen molar-refractivity contribution in [3.63, 3.8) is 0 Å². The summed E-state index contributed by atoms with van der Waals surface area (Å²) in [5.74, 6) is -0.766. The summed E-state index contributed by atoms with van der Waals surface area (Å²) in [6, 6.07) is 8.44. The van der Waals surface area contributed by atoms with E-state index in [0.29, 0.717) is 11.6 Å². The Morgan fingerprint density at radius 3 is 2.38 bits per heavy atom. The van der Waals surface area contributed by atoms with E-state index in [4.69, 9.17) is 0 Å². The van der Waals surface area contributed by atoms with Crippen molar-refractivity contribution in [3.8, 4) is 0 Å². The molecule has 0 radical (unpaired) electrons. The zero-order valence-electron chi connectivity index (χ0n) is 13.2. The van der Waals surface area contributed by atoms with Crippen LogP contribution >= 0.6 is 0 Å². The lowest BCUT2D eigenvalue weighted by Gasteiger charge is -2.33. The Labute approximate surface area is 139 Å². The average molecular weight is 322 g/mol. The van der Waals surface area contributed by atoms with Crippen LogP contribution < -0.4 is 4.90 Å². The van der Waals surface area contributed by atoms with E-state index in [1.807, 2.05) is 24.3 Å². The van der Waals surface area contributed by atoms with E-state index >= 15 is 0 Å². The number of carbonyl (C=O) groups is 3. The molecule has 2 saturated heterocycles. The molecule has 122 valence electrons. The van der Waals surface area contributed by atoms with Crippen molar-refractivity contribution in [3.05, 3.63) is 42.5 Å². The van der Waals surface area contributed by atoms with Crippen LogP contribution in [0.25, 0.3) is 0 Å². The smallest absolute Gasteiger partial charge is 0.239 e. The van der Waals surface area contributed by atoms with E-state index in [1.165, 1.54) is 17.7 Å². The highest BCUT2D eigenvalue weighted by Crippen LogP contribution is 2.48. The van der Waals surface area contributed by atoms with Crippen LogP contribution in [0.15, 0.2) is 42.5 Å². The molecule has 3 aliphatic heterocycles. The third kappa shape index (κ3) is 1.82. The Balaban J connectivity index is 1.54. The maximum absolute atomic E-state index is 13.0. The summed E-state index contributed by atoms with van der Waals surface area (Å²) < 4.78 is 0. The molecule has 1 aromatic carbocycles. The highest BCUT2D eigenvalue weighted by molar-refractivity contribution is 6.24. The van der Waals surface area contributed by atoms with E-state index in [1.54, 1.807) is 18.2 Å². The number of benzene rings is 1. The lowest BCUT2D eigenvalue weighted by molar-refractivity contribution is -0.128. The van der Waals surface area contributed by atoms with Crippen molar-refractivity contribution in [2.45, 2.75) is 24.9 Å². The number of hydrogen-bond donors (Lipinski definition) is 0. The van der Waals surface area contributed by atoms with Gasteiger partial charge in [-0.05, 0) is 37.0 Å². The number of hydrogen-bond acceptors (Lipinski definition) is 4. The van der Waals surface area contributed by atoms with E-state index in [-0.39, 0.29) is 23.6 Å². The molecule has 2 bridgehead atoms. The normalized spacial score (nSPS) is 35.0. The molecule has 5 rings (SSSR count). The minimum Gasteiger partial charge on any atom is -0.293 e. The van der Waals surface area contributed by atoms with Crippen molar-refractivity contribution in [2.24, 2.45) is 17.8 Å².